The molecule has 5 nitrogen and oxygen atoms in total. The van der Waals surface area contributed by atoms with E-state index in [9.17, 15) is 13.5 Å². The van der Waals surface area contributed by atoms with Crippen LogP contribution in [0.1, 0.15) is 24.8 Å². The summed E-state index contributed by atoms with van der Waals surface area (Å²) in [6, 6.07) is 14.6. The van der Waals surface area contributed by atoms with Crippen molar-refractivity contribution < 1.29 is 13.5 Å². The predicted octanol–water partition coefficient (Wildman–Crippen LogP) is 4.39. The summed E-state index contributed by atoms with van der Waals surface area (Å²) in [5, 5.41) is 13.5. The van der Waals surface area contributed by atoms with Crippen LogP contribution < -0.4 is 10.4 Å². The Kier molecular flexibility index (Phi) is 5.22. The maximum atomic E-state index is 12.0. The molecule has 2 heterocycles. The zero-order valence-corrected chi connectivity index (χ0v) is 19.3. The number of thioether (sulfide) groups is 1. The number of hydrazine groups is 1. The summed E-state index contributed by atoms with van der Waals surface area (Å²) in [7, 11) is -3.26. The Hall–Kier alpha value is -1.77. The molecular weight excluding hydrogens is 452 g/mol. The number of hydrogen-bond donors (Lipinski definition) is 2. The molecule has 2 aromatic rings. The highest BCUT2D eigenvalue weighted by Gasteiger charge is 2.50. The number of allylic oxidation sites excluding steroid dienone is 1. The van der Waals surface area contributed by atoms with Gasteiger partial charge in [0.15, 0.2) is 9.84 Å². The average Bonchev–Trinajstić information content (AvgIpc) is 3.16. The van der Waals surface area contributed by atoms with E-state index in [0.717, 1.165) is 41.1 Å². The lowest BCUT2D eigenvalue weighted by Crippen LogP contribution is -2.45. The second kappa shape index (κ2) is 7.67. The number of nitrogens with one attached hydrogen (secondary N) is 1. The van der Waals surface area contributed by atoms with Crippen molar-refractivity contribution in [1.82, 2.24) is 5.43 Å². The first kappa shape index (κ1) is 21.1. The number of anilines is 1. The van der Waals surface area contributed by atoms with Gasteiger partial charge in [0.1, 0.15) is 0 Å². The number of nitrogens with zero attached hydrogens (tertiary/aromatic N) is 1. The molecule has 1 saturated carbocycles. The van der Waals surface area contributed by atoms with Crippen LogP contribution in [-0.2, 0) is 9.84 Å². The van der Waals surface area contributed by atoms with E-state index in [4.69, 9.17) is 11.6 Å². The molecule has 162 valence electrons. The summed E-state index contributed by atoms with van der Waals surface area (Å²) in [5.74, 6) is 0. The van der Waals surface area contributed by atoms with Crippen LogP contribution in [0.5, 0.6) is 0 Å². The van der Waals surface area contributed by atoms with Gasteiger partial charge in [-0.25, -0.2) is 13.8 Å². The van der Waals surface area contributed by atoms with Gasteiger partial charge in [0.2, 0.25) is 0 Å². The SMILES string of the molecule is CS(=O)(=O)c1cccc(C2=CCC(C3=CC(C4(O)CC4)NN3c3ccccc3Cl)S2)c1. The highest BCUT2D eigenvalue weighted by atomic mass is 35.5. The van der Waals surface area contributed by atoms with Gasteiger partial charge < -0.3 is 5.11 Å². The van der Waals surface area contributed by atoms with E-state index in [1.165, 1.54) is 6.26 Å². The van der Waals surface area contributed by atoms with Gasteiger partial charge in [0, 0.05) is 16.9 Å². The molecule has 2 atom stereocenters. The molecule has 5 rings (SSSR count). The smallest absolute Gasteiger partial charge is 0.175 e. The average molecular weight is 475 g/mol. The molecule has 0 amide bonds. The lowest BCUT2D eigenvalue weighted by atomic mass is 10.1. The van der Waals surface area contributed by atoms with Crippen LogP contribution in [0.2, 0.25) is 5.02 Å². The standard InChI is InChI=1S/C23H23ClN2O3S2/c1-31(28,29)16-6-4-5-15(13-16)20-9-10-21(30-20)19-14-22(23(27)11-12-23)25-26(19)18-8-3-2-7-17(18)24/h2-9,13-14,21-22,25,27H,10-12H2,1H3. The van der Waals surface area contributed by atoms with Gasteiger partial charge in [-0.2, -0.15) is 0 Å². The van der Waals surface area contributed by atoms with Crippen molar-refractivity contribution in [3.63, 3.8) is 0 Å². The molecule has 8 heteroatoms. The molecule has 31 heavy (non-hydrogen) atoms. The highest BCUT2D eigenvalue weighted by molar-refractivity contribution is 8.09. The van der Waals surface area contributed by atoms with Crippen LogP contribution in [0.25, 0.3) is 4.91 Å². The lowest BCUT2D eigenvalue weighted by Gasteiger charge is -2.28. The molecule has 2 aromatic carbocycles. The maximum Gasteiger partial charge on any atom is 0.175 e. The summed E-state index contributed by atoms with van der Waals surface area (Å²) >= 11 is 8.20. The minimum Gasteiger partial charge on any atom is -0.388 e. The Morgan fingerprint density at radius 3 is 2.68 bits per heavy atom. The van der Waals surface area contributed by atoms with Crippen molar-refractivity contribution in [1.29, 1.82) is 0 Å². The van der Waals surface area contributed by atoms with Gasteiger partial charge in [0.05, 0.1) is 32.5 Å². The van der Waals surface area contributed by atoms with Crippen molar-refractivity contribution in [2.24, 2.45) is 0 Å². The van der Waals surface area contributed by atoms with Crippen molar-refractivity contribution in [2.75, 3.05) is 11.3 Å². The van der Waals surface area contributed by atoms with E-state index in [2.05, 4.69) is 17.6 Å². The molecule has 0 spiro atoms. The number of para-hydroxylation sites is 1. The van der Waals surface area contributed by atoms with Crippen molar-refractivity contribution in [3.8, 4) is 0 Å². The van der Waals surface area contributed by atoms with Gasteiger partial charge in [-0.05, 0) is 55.2 Å². The van der Waals surface area contributed by atoms with Gasteiger partial charge in [-0.3, -0.25) is 5.01 Å². The molecule has 0 saturated heterocycles. The second-order valence-electron chi connectivity index (χ2n) is 8.30. The van der Waals surface area contributed by atoms with Crippen LogP contribution in [-0.4, -0.2) is 36.7 Å². The Morgan fingerprint density at radius 1 is 1.19 bits per heavy atom. The molecule has 0 bridgehead atoms. The van der Waals surface area contributed by atoms with E-state index in [1.807, 2.05) is 35.3 Å². The van der Waals surface area contributed by atoms with Gasteiger partial charge in [-0.15, -0.1) is 11.8 Å². The number of aliphatic hydroxyl groups is 1. The van der Waals surface area contributed by atoms with Crippen LogP contribution >= 0.6 is 23.4 Å². The first-order valence-electron chi connectivity index (χ1n) is 10.2. The highest BCUT2D eigenvalue weighted by Crippen LogP contribution is 2.48. The van der Waals surface area contributed by atoms with E-state index in [1.54, 1.807) is 30.0 Å². The van der Waals surface area contributed by atoms with Crippen molar-refractivity contribution >= 4 is 43.8 Å². The number of rotatable bonds is 5. The topological polar surface area (TPSA) is 69.6 Å². The van der Waals surface area contributed by atoms with Crippen LogP contribution in [0, 0.1) is 0 Å². The fourth-order valence-corrected chi connectivity index (χ4v) is 6.16. The van der Waals surface area contributed by atoms with E-state index in [0.29, 0.717) is 9.92 Å². The molecule has 2 unspecified atom stereocenters. The summed E-state index contributed by atoms with van der Waals surface area (Å²) in [6.07, 6.45) is 7.88. The normalized spacial score (nSPS) is 24.8. The first-order chi connectivity index (χ1) is 14.7. The number of hydrogen-bond acceptors (Lipinski definition) is 6. The zero-order chi connectivity index (χ0) is 21.8. The Morgan fingerprint density at radius 2 is 1.97 bits per heavy atom. The van der Waals surface area contributed by atoms with Crippen LogP contribution in [0.15, 0.2) is 71.3 Å². The molecule has 1 aliphatic carbocycles. The van der Waals surface area contributed by atoms with Crippen molar-refractivity contribution in [3.05, 3.63) is 77.0 Å². The fourth-order valence-electron chi connectivity index (χ4n) is 4.01. The molecule has 2 aliphatic heterocycles. The van der Waals surface area contributed by atoms with Gasteiger partial charge in [0.25, 0.3) is 0 Å². The predicted molar refractivity (Wildman–Crippen MR) is 127 cm³/mol. The quantitative estimate of drug-likeness (QED) is 0.669. The number of sulfone groups is 1. The molecule has 2 N–H and O–H groups in total. The van der Waals surface area contributed by atoms with Crippen molar-refractivity contribution in [2.45, 2.75) is 41.1 Å². The van der Waals surface area contributed by atoms with E-state index >= 15 is 0 Å². The summed E-state index contributed by atoms with van der Waals surface area (Å²) in [6.45, 7) is 0. The minimum absolute atomic E-state index is 0.132. The molecule has 0 aromatic heterocycles. The Labute approximate surface area is 191 Å². The van der Waals surface area contributed by atoms with Crippen LogP contribution in [0.3, 0.4) is 0 Å². The van der Waals surface area contributed by atoms with Gasteiger partial charge >= 0.3 is 0 Å². The summed E-state index contributed by atoms with van der Waals surface area (Å²) in [5.41, 5.74) is 5.57. The maximum absolute atomic E-state index is 12.0. The summed E-state index contributed by atoms with van der Waals surface area (Å²) < 4.78 is 23.9. The monoisotopic (exact) mass is 474 g/mol. The van der Waals surface area contributed by atoms with Crippen LogP contribution in [0.4, 0.5) is 5.69 Å². The fraction of sp³-hybridized carbons (Fsp3) is 0.304. The third-order valence-electron chi connectivity index (χ3n) is 5.96. The minimum atomic E-state index is -3.26. The molecule has 0 radical (unpaired) electrons. The third kappa shape index (κ3) is 4.05. The van der Waals surface area contributed by atoms with E-state index < -0.39 is 15.4 Å². The lowest BCUT2D eigenvalue weighted by molar-refractivity contribution is 0.124. The number of halogens is 1. The Bertz CT molecular complexity index is 1200. The largest absolute Gasteiger partial charge is 0.388 e. The summed E-state index contributed by atoms with van der Waals surface area (Å²) in [4.78, 5) is 1.38. The van der Waals surface area contributed by atoms with E-state index in [-0.39, 0.29) is 11.3 Å². The van der Waals surface area contributed by atoms with Gasteiger partial charge in [-0.1, -0.05) is 41.9 Å². The second-order valence-corrected chi connectivity index (χ2v) is 12.0. The molecular formula is C23H23ClN2O3S2. The first-order valence-corrected chi connectivity index (χ1v) is 13.3. The number of benzene rings is 2. The Balaban J connectivity index is 1.43. The third-order valence-corrected chi connectivity index (χ3v) is 8.77. The molecule has 1 fully saturated rings. The molecule has 3 aliphatic rings. The zero-order valence-electron chi connectivity index (χ0n) is 17.0.